The molecule has 1 aromatic rings. The number of amides is 1. The van der Waals surface area contributed by atoms with E-state index in [4.69, 9.17) is 28.9 Å². The zero-order chi connectivity index (χ0) is 15.3. The second-order valence-electron chi connectivity index (χ2n) is 3.87. The third-order valence-electron chi connectivity index (χ3n) is 2.40. The van der Waals surface area contributed by atoms with Gasteiger partial charge in [-0.05, 0) is 19.1 Å². The molecule has 1 rings (SSSR count). The fourth-order valence-corrected chi connectivity index (χ4v) is 3.21. The number of sulfonamides is 1. The zero-order valence-corrected chi connectivity index (χ0v) is 13.1. The average molecular weight is 340 g/mol. The summed E-state index contributed by atoms with van der Waals surface area (Å²) in [7, 11) is -3.84. The molecule has 112 valence electrons. The number of carbonyl (C=O) groups is 1. The van der Waals surface area contributed by atoms with Gasteiger partial charge in [0.25, 0.3) is 0 Å². The molecule has 0 fully saturated rings. The number of nitrogens with one attached hydrogen (secondary N) is 2. The topological polar surface area (TPSA) is 101 Å². The molecule has 0 aromatic heterocycles. The first kappa shape index (κ1) is 17.0. The van der Waals surface area contributed by atoms with Crippen LogP contribution in [-0.2, 0) is 14.8 Å². The Morgan fingerprint density at radius 3 is 2.60 bits per heavy atom. The van der Waals surface area contributed by atoms with Crippen LogP contribution in [0.4, 0.5) is 5.69 Å². The predicted molar refractivity (Wildman–Crippen MR) is 79.4 cm³/mol. The number of benzene rings is 1. The molecule has 0 aliphatic heterocycles. The fraction of sp³-hybridized carbons (Fsp3) is 0.364. The Hall–Kier alpha value is -1.02. The van der Waals surface area contributed by atoms with Crippen molar-refractivity contribution in [3.63, 3.8) is 0 Å². The van der Waals surface area contributed by atoms with Gasteiger partial charge in [-0.1, -0.05) is 23.2 Å². The highest BCUT2D eigenvalue weighted by Gasteiger charge is 2.20. The van der Waals surface area contributed by atoms with Crippen LogP contribution < -0.4 is 15.8 Å². The first-order chi connectivity index (χ1) is 9.29. The maximum Gasteiger partial charge on any atom is 0.242 e. The van der Waals surface area contributed by atoms with E-state index >= 15 is 0 Å². The summed E-state index contributed by atoms with van der Waals surface area (Å²) < 4.78 is 26.3. The van der Waals surface area contributed by atoms with Gasteiger partial charge in [0.05, 0.1) is 15.7 Å². The molecule has 6 nitrogen and oxygen atoms in total. The Morgan fingerprint density at radius 2 is 2.00 bits per heavy atom. The number of halogens is 2. The van der Waals surface area contributed by atoms with Crippen molar-refractivity contribution in [2.75, 3.05) is 18.8 Å². The van der Waals surface area contributed by atoms with Crippen molar-refractivity contribution in [1.29, 1.82) is 0 Å². The zero-order valence-electron chi connectivity index (χ0n) is 10.7. The second kappa shape index (κ2) is 7.12. The quantitative estimate of drug-likeness (QED) is 0.681. The van der Waals surface area contributed by atoms with E-state index < -0.39 is 10.0 Å². The van der Waals surface area contributed by atoms with Crippen molar-refractivity contribution in [1.82, 2.24) is 10.0 Å². The van der Waals surface area contributed by atoms with Crippen molar-refractivity contribution in [2.45, 2.75) is 18.2 Å². The molecule has 0 heterocycles. The van der Waals surface area contributed by atoms with Crippen molar-refractivity contribution in [3.8, 4) is 0 Å². The molecule has 0 bridgehead atoms. The van der Waals surface area contributed by atoms with Crippen molar-refractivity contribution < 1.29 is 13.2 Å². The van der Waals surface area contributed by atoms with Crippen molar-refractivity contribution in [2.24, 2.45) is 0 Å². The molecular weight excluding hydrogens is 325 g/mol. The summed E-state index contributed by atoms with van der Waals surface area (Å²) >= 11 is 11.6. The fourth-order valence-electron chi connectivity index (χ4n) is 1.42. The molecule has 0 aliphatic carbocycles. The third-order valence-corrected chi connectivity index (χ3v) is 4.75. The van der Waals surface area contributed by atoms with Gasteiger partial charge in [0.2, 0.25) is 15.9 Å². The van der Waals surface area contributed by atoms with Crippen LogP contribution >= 0.6 is 23.2 Å². The number of hydrogen-bond donors (Lipinski definition) is 3. The van der Waals surface area contributed by atoms with Gasteiger partial charge in [-0.15, -0.1) is 0 Å². The number of rotatable bonds is 6. The largest absolute Gasteiger partial charge is 0.396 e. The minimum atomic E-state index is -3.84. The summed E-state index contributed by atoms with van der Waals surface area (Å²) in [6, 6.07) is 2.61. The highest BCUT2D eigenvalue weighted by molar-refractivity contribution is 7.89. The Bertz CT molecular complexity index is 605. The van der Waals surface area contributed by atoms with Crippen LogP contribution in [0.3, 0.4) is 0 Å². The molecule has 20 heavy (non-hydrogen) atoms. The van der Waals surface area contributed by atoms with Gasteiger partial charge < -0.3 is 11.1 Å². The summed E-state index contributed by atoms with van der Waals surface area (Å²) in [6.45, 7) is 2.23. The van der Waals surface area contributed by atoms with Gasteiger partial charge in [-0.2, -0.15) is 0 Å². The lowest BCUT2D eigenvalue weighted by atomic mass is 10.3. The van der Waals surface area contributed by atoms with Crippen LogP contribution in [0.15, 0.2) is 17.0 Å². The molecule has 1 amide bonds. The smallest absolute Gasteiger partial charge is 0.242 e. The van der Waals surface area contributed by atoms with Crippen LogP contribution in [0.25, 0.3) is 0 Å². The highest BCUT2D eigenvalue weighted by atomic mass is 35.5. The van der Waals surface area contributed by atoms with Gasteiger partial charge in [-0.3, -0.25) is 4.79 Å². The van der Waals surface area contributed by atoms with E-state index in [2.05, 4.69) is 10.0 Å². The van der Waals surface area contributed by atoms with E-state index in [1.807, 2.05) is 0 Å². The van der Waals surface area contributed by atoms with Gasteiger partial charge in [0.15, 0.2) is 0 Å². The van der Waals surface area contributed by atoms with E-state index in [1.54, 1.807) is 6.92 Å². The molecule has 0 aliphatic rings. The van der Waals surface area contributed by atoms with Crippen molar-refractivity contribution >= 4 is 44.8 Å². The lowest BCUT2D eigenvalue weighted by Crippen LogP contribution is -2.30. The Labute approximate surface area is 127 Å². The van der Waals surface area contributed by atoms with Crippen LogP contribution in [0.5, 0.6) is 0 Å². The van der Waals surface area contributed by atoms with Gasteiger partial charge in [-0.25, -0.2) is 13.1 Å². The highest BCUT2D eigenvalue weighted by Crippen LogP contribution is 2.32. The molecule has 0 atom stereocenters. The first-order valence-electron chi connectivity index (χ1n) is 5.79. The van der Waals surface area contributed by atoms with E-state index in [0.29, 0.717) is 6.54 Å². The average Bonchev–Trinajstić information content (AvgIpc) is 2.35. The van der Waals surface area contributed by atoms with E-state index in [1.165, 1.54) is 12.1 Å². The monoisotopic (exact) mass is 339 g/mol. The summed E-state index contributed by atoms with van der Waals surface area (Å²) in [5.74, 6) is -0.239. The summed E-state index contributed by atoms with van der Waals surface area (Å²) in [6.07, 6.45) is 0.0355. The minimum absolute atomic E-state index is 0.0000608. The molecule has 9 heteroatoms. The van der Waals surface area contributed by atoms with Crippen LogP contribution in [0.1, 0.15) is 13.3 Å². The molecule has 0 saturated carbocycles. The first-order valence-corrected chi connectivity index (χ1v) is 8.03. The second-order valence-corrected chi connectivity index (χ2v) is 6.39. The van der Waals surface area contributed by atoms with Gasteiger partial charge in [0.1, 0.15) is 4.90 Å². The number of carbonyl (C=O) groups excluding carboxylic acids is 1. The summed E-state index contributed by atoms with van der Waals surface area (Å²) in [5.41, 5.74) is 5.58. The molecule has 0 spiro atoms. The molecule has 1 aromatic carbocycles. The summed E-state index contributed by atoms with van der Waals surface area (Å²) in [5, 5.41) is 2.60. The maximum atomic E-state index is 12.0. The Balaban J connectivity index is 2.80. The lowest BCUT2D eigenvalue weighted by molar-refractivity contribution is -0.120. The van der Waals surface area contributed by atoms with E-state index in [0.717, 1.165) is 0 Å². The van der Waals surface area contributed by atoms with E-state index in [-0.39, 0.29) is 39.5 Å². The maximum absolute atomic E-state index is 12.0. The normalized spacial score (nSPS) is 11.3. The standard InChI is InChI=1S/C11H15Cl2N3O3S/c1-2-15-9(17)5-6-16-20(18,19)8-4-3-7(12)11(14)10(8)13/h3-4,16H,2,5-6,14H2,1H3,(H,15,17). The van der Waals surface area contributed by atoms with Crippen LogP contribution in [-0.4, -0.2) is 27.4 Å². The lowest BCUT2D eigenvalue weighted by Gasteiger charge is -2.10. The Morgan fingerprint density at radius 1 is 1.35 bits per heavy atom. The molecule has 0 radical (unpaired) electrons. The van der Waals surface area contributed by atoms with Gasteiger partial charge >= 0.3 is 0 Å². The third kappa shape index (κ3) is 4.24. The number of nitrogen functional groups attached to an aromatic ring is 1. The number of nitrogens with two attached hydrogens (primary N) is 1. The van der Waals surface area contributed by atoms with Crippen LogP contribution in [0, 0.1) is 0 Å². The van der Waals surface area contributed by atoms with Crippen molar-refractivity contribution in [3.05, 3.63) is 22.2 Å². The minimum Gasteiger partial charge on any atom is -0.396 e. The summed E-state index contributed by atoms with van der Waals surface area (Å²) in [4.78, 5) is 11.1. The van der Waals surface area contributed by atoms with Gasteiger partial charge in [0, 0.05) is 19.5 Å². The predicted octanol–water partition coefficient (Wildman–Crippen LogP) is 1.38. The van der Waals surface area contributed by atoms with E-state index in [9.17, 15) is 13.2 Å². The molecule has 0 saturated heterocycles. The SMILES string of the molecule is CCNC(=O)CCNS(=O)(=O)c1ccc(Cl)c(N)c1Cl. The molecular formula is C11H15Cl2N3O3S. The Kier molecular flexibility index (Phi) is 6.07. The molecule has 0 unspecified atom stereocenters. The van der Waals surface area contributed by atoms with Crippen LogP contribution in [0.2, 0.25) is 10.0 Å². The molecule has 4 N–H and O–H groups in total. The number of hydrogen-bond acceptors (Lipinski definition) is 4. The number of anilines is 1.